The average molecular weight is 261 g/mol. The fourth-order valence-corrected chi connectivity index (χ4v) is 3.42. The van der Waals surface area contributed by atoms with E-state index in [0.717, 1.165) is 0 Å². The number of rotatable bonds is 3. The zero-order valence-corrected chi connectivity index (χ0v) is 10.9. The molecule has 4 rings (SSSR count). The van der Waals surface area contributed by atoms with Gasteiger partial charge in [0, 0.05) is 0 Å². The van der Waals surface area contributed by atoms with Crippen LogP contribution in [-0.4, -0.2) is 40.7 Å². The van der Waals surface area contributed by atoms with E-state index in [9.17, 15) is 9.90 Å². The van der Waals surface area contributed by atoms with Gasteiger partial charge in [-0.2, -0.15) is 0 Å². The second kappa shape index (κ2) is 4.62. The minimum absolute atomic E-state index is 0.279. The summed E-state index contributed by atoms with van der Waals surface area (Å²) in [4.78, 5) is 13.3. The van der Waals surface area contributed by atoms with Crippen LogP contribution in [0.4, 0.5) is 0 Å². The highest BCUT2D eigenvalue weighted by Crippen LogP contribution is 2.42. The van der Waals surface area contributed by atoms with E-state index < -0.39 is 12.1 Å². The highest BCUT2D eigenvalue weighted by atomic mass is 16.4. The Bertz CT molecular complexity index is 461. The van der Waals surface area contributed by atoms with Crippen molar-refractivity contribution in [3.05, 3.63) is 35.4 Å². The summed E-state index contributed by atoms with van der Waals surface area (Å²) >= 11 is 0. The third-order valence-corrected chi connectivity index (χ3v) is 4.79. The lowest BCUT2D eigenvalue weighted by Crippen LogP contribution is -2.50. The monoisotopic (exact) mass is 261 g/mol. The normalized spacial score (nSPS) is 31.1. The van der Waals surface area contributed by atoms with E-state index in [2.05, 4.69) is 4.90 Å². The first kappa shape index (κ1) is 12.6. The Morgan fingerprint density at radius 3 is 2.11 bits per heavy atom. The molecule has 0 amide bonds. The molecule has 1 atom stereocenters. The topological polar surface area (TPSA) is 60.8 Å². The number of nitrogens with zero attached hydrogens (tertiary/aromatic N) is 1. The van der Waals surface area contributed by atoms with Crippen LogP contribution in [0.1, 0.15) is 36.5 Å². The van der Waals surface area contributed by atoms with Gasteiger partial charge in [0.15, 0.2) is 6.10 Å². The maximum Gasteiger partial charge on any atom is 0.337 e. The van der Waals surface area contributed by atoms with Crippen LogP contribution in [0, 0.1) is 0 Å². The van der Waals surface area contributed by atoms with Gasteiger partial charge in [-0.25, -0.2) is 4.79 Å². The minimum atomic E-state index is -1.42. The summed E-state index contributed by atoms with van der Waals surface area (Å²) in [5.41, 5.74) is 2.04. The van der Waals surface area contributed by atoms with Gasteiger partial charge in [-0.3, -0.25) is 0 Å². The van der Waals surface area contributed by atoms with E-state index in [0.29, 0.717) is 5.56 Å². The summed E-state index contributed by atoms with van der Waals surface area (Å²) in [5.74, 6) is -1.20. The summed E-state index contributed by atoms with van der Waals surface area (Å²) in [7, 11) is 0. The Hall–Kier alpha value is -1.39. The number of hydrogen-bond acceptors (Lipinski definition) is 3. The molecular formula is C15H19NO3. The molecule has 0 spiro atoms. The molecule has 3 saturated heterocycles. The Morgan fingerprint density at radius 2 is 1.63 bits per heavy atom. The fourth-order valence-electron chi connectivity index (χ4n) is 3.42. The molecule has 1 aromatic rings. The number of carboxylic acid groups (broad SMARTS) is 1. The van der Waals surface area contributed by atoms with Crippen LogP contribution in [0.15, 0.2) is 24.3 Å². The number of carboxylic acids is 1. The molecule has 1 aromatic carbocycles. The molecule has 2 N–H and O–H groups in total. The van der Waals surface area contributed by atoms with Crippen LogP contribution >= 0.6 is 0 Å². The number of aliphatic carboxylic acids is 1. The maximum absolute atomic E-state index is 10.8. The molecule has 4 heteroatoms. The molecular weight excluding hydrogens is 242 g/mol. The van der Waals surface area contributed by atoms with Gasteiger partial charge in [-0.1, -0.05) is 24.3 Å². The molecule has 3 heterocycles. The van der Waals surface area contributed by atoms with Gasteiger partial charge in [0.1, 0.15) is 0 Å². The molecule has 4 nitrogen and oxygen atoms in total. The molecule has 0 aromatic heterocycles. The SMILES string of the molecule is O=C(O)C(O)c1ccc(C23CCN(CC2)CC3)cc1. The Balaban J connectivity index is 1.84. The van der Waals surface area contributed by atoms with Crippen molar-refractivity contribution in [2.45, 2.75) is 30.8 Å². The Labute approximate surface area is 112 Å². The molecule has 102 valence electrons. The Morgan fingerprint density at radius 1 is 1.11 bits per heavy atom. The van der Waals surface area contributed by atoms with E-state index in [1.165, 1.54) is 44.5 Å². The van der Waals surface area contributed by atoms with E-state index >= 15 is 0 Å². The lowest BCUT2D eigenvalue weighted by molar-refractivity contribution is -0.146. The summed E-state index contributed by atoms with van der Waals surface area (Å²) in [6.45, 7) is 3.50. The van der Waals surface area contributed by atoms with Crippen molar-refractivity contribution in [1.29, 1.82) is 0 Å². The van der Waals surface area contributed by atoms with E-state index in [4.69, 9.17) is 5.11 Å². The molecule has 0 saturated carbocycles. The van der Waals surface area contributed by atoms with E-state index in [1.54, 1.807) is 12.1 Å². The number of hydrogen-bond donors (Lipinski definition) is 2. The average Bonchev–Trinajstić information content (AvgIpc) is 2.48. The molecule has 1 unspecified atom stereocenters. The molecule has 3 aliphatic heterocycles. The molecule has 19 heavy (non-hydrogen) atoms. The second-order valence-electron chi connectivity index (χ2n) is 5.73. The summed E-state index contributed by atoms with van der Waals surface area (Å²) in [6.07, 6.45) is 2.15. The Kier molecular flexibility index (Phi) is 3.07. The lowest BCUT2D eigenvalue weighted by atomic mass is 9.67. The van der Waals surface area contributed by atoms with Gasteiger partial charge in [0.05, 0.1) is 0 Å². The van der Waals surface area contributed by atoms with Gasteiger partial charge in [-0.05, 0) is 55.4 Å². The first-order valence-corrected chi connectivity index (χ1v) is 6.84. The van der Waals surface area contributed by atoms with Crippen LogP contribution < -0.4 is 0 Å². The standard InChI is InChI=1S/C15H19NO3/c17-13(14(18)19)11-1-3-12(4-2-11)15-5-8-16(9-6-15)10-7-15/h1-4,13,17H,5-10H2,(H,18,19). The van der Waals surface area contributed by atoms with Crippen LogP contribution in [-0.2, 0) is 10.2 Å². The van der Waals surface area contributed by atoms with Crippen LogP contribution in [0.5, 0.6) is 0 Å². The first-order valence-electron chi connectivity index (χ1n) is 6.84. The van der Waals surface area contributed by atoms with E-state index in [-0.39, 0.29) is 5.41 Å². The van der Waals surface area contributed by atoms with Crippen molar-refractivity contribution >= 4 is 5.97 Å². The predicted octanol–water partition coefficient (Wildman–Crippen LogP) is 1.54. The van der Waals surface area contributed by atoms with Crippen LogP contribution in [0.2, 0.25) is 0 Å². The summed E-state index contributed by atoms with van der Waals surface area (Å²) in [6, 6.07) is 7.51. The smallest absolute Gasteiger partial charge is 0.337 e. The molecule has 0 aliphatic carbocycles. The molecule has 2 bridgehead atoms. The summed E-state index contributed by atoms with van der Waals surface area (Å²) < 4.78 is 0. The fraction of sp³-hybridized carbons (Fsp3) is 0.533. The van der Waals surface area contributed by atoms with E-state index in [1.807, 2.05) is 12.1 Å². The maximum atomic E-state index is 10.8. The number of fused-ring (bicyclic) bond motifs is 3. The lowest BCUT2D eigenvalue weighted by Gasteiger charge is -2.49. The number of aliphatic hydroxyl groups excluding tert-OH is 1. The third-order valence-electron chi connectivity index (χ3n) is 4.79. The second-order valence-corrected chi connectivity index (χ2v) is 5.73. The molecule has 3 fully saturated rings. The van der Waals surface area contributed by atoms with Crippen molar-refractivity contribution in [2.24, 2.45) is 0 Å². The van der Waals surface area contributed by atoms with Crippen molar-refractivity contribution < 1.29 is 15.0 Å². The van der Waals surface area contributed by atoms with Gasteiger partial charge >= 0.3 is 5.97 Å². The first-order chi connectivity index (χ1) is 9.11. The van der Waals surface area contributed by atoms with Crippen LogP contribution in [0.3, 0.4) is 0 Å². The van der Waals surface area contributed by atoms with Crippen molar-refractivity contribution in [2.75, 3.05) is 19.6 Å². The summed E-state index contributed by atoms with van der Waals surface area (Å²) in [5, 5.41) is 18.3. The van der Waals surface area contributed by atoms with Crippen molar-refractivity contribution in [1.82, 2.24) is 4.90 Å². The van der Waals surface area contributed by atoms with Crippen molar-refractivity contribution in [3.63, 3.8) is 0 Å². The minimum Gasteiger partial charge on any atom is -0.479 e. The zero-order chi connectivity index (χ0) is 13.5. The van der Waals surface area contributed by atoms with Gasteiger partial charge in [0.2, 0.25) is 0 Å². The number of carbonyl (C=O) groups is 1. The zero-order valence-electron chi connectivity index (χ0n) is 10.9. The number of piperidine rings is 3. The third kappa shape index (κ3) is 2.15. The molecule has 0 radical (unpaired) electrons. The largest absolute Gasteiger partial charge is 0.479 e. The number of benzene rings is 1. The van der Waals surface area contributed by atoms with Gasteiger partial charge in [0.25, 0.3) is 0 Å². The highest BCUT2D eigenvalue weighted by molar-refractivity contribution is 5.74. The predicted molar refractivity (Wildman–Crippen MR) is 71.0 cm³/mol. The van der Waals surface area contributed by atoms with Crippen LogP contribution in [0.25, 0.3) is 0 Å². The number of aliphatic hydroxyl groups is 1. The van der Waals surface area contributed by atoms with Gasteiger partial charge in [-0.15, -0.1) is 0 Å². The highest BCUT2D eigenvalue weighted by Gasteiger charge is 2.40. The molecule has 3 aliphatic rings. The quantitative estimate of drug-likeness (QED) is 0.866. The van der Waals surface area contributed by atoms with Gasteiger partial charge < -0.3 is 15.1 Å². The van der Waals surface area contributed by atoms with Crippen molar-refractivity contribution in [3.8, 4) is 0 Å².